The molecular formula is C20H26ClNO3. The van der Waals surface area contributed by atoms with Gasteiger partial charge in [0.2, 0.25) is 0 Å². The number of benzene rings is 2. The highest BCUT2D eigenvalue weighted by atomic mass is 35.5. The molecular weight excluding hydrogens is 338 g/mol. The summed E-state index contributed by atoms with van der Waals surface area (Å²) in [7, 11) is 0. The minimum atomic E-state index is -0.371. The summed E-state index contributed by atoms with van der Waals surface area (Å²) in [4.78, 5) is 0. The van der Waals surface area contributed by atoms with E-state index in [-0.39, 0.29) is 30.8 Å². The number of ether oxygens (including phenoxy) is 3. The lowest BCUT2D eigenvalue weighted by atomic mass is 10.0. The maximum Gasteiger partial charge on any atom is 0.173 e. The standard InChI is InChI=1S/C20H25NO3.ClH/c21-19-12-11-18(15-22-13-16-7-3-1-4-8-16)24-20(19)23-14-17-9-5-2-6-10-17;/h1-10,18-20H,11-15,21H2;1H. The Morgan fingerprint density at radius 1 is 0.880 bits per heavy atom. The molecule has 3 atom stereocenters. The normalized spacial score (nSPS) is 23.0. The maximum atomic E-state index is 6.13. The van der Waals surface area contributed by atoms with Crippen molar-refractivity contribution in [2.45, 2.75) is 44.5 Å². The quantitative estimate of drug-likeness (QED) is 0.815. The topological polar surface area (TPSA) is 53.7 Å². The van der Waals surface area contributed by atoms with E-state index in [1.54, 1.807) is 0 Å². The van der Waals surface area contributed by atoms with Gasteiger partial charge in [-0.3, -0.25) is 0 Å². The molecule has 25 heavy (non-hydrogen) atoms. The van der Waals surface area contributed by atoms with Crippen molar-refractivity contribution >= 4 is 12.4 Å². The summed E-state index contributed by atoms with van der Waals surface area (Å²) in [6.45, 7) is 1.67. The first-order valence-corrected chi connectivity index (χ1v) is 8.49. The van der Waals surface area contributed by atoms with Gasteiger partial charge in [0.05, 0.1) is 32.0 Å². The fraction of sp³-hybridized carbons (Fsp3) is 0.400. The molecule has 0 aliphatic carbocycles. The van der Waals surface area contributed by atoms with Gasteiger partial charge in [0, 0.05) is 0 Å². The zero-order chi connectivity index (χ0) is 16.6. The van der Waals surface area contributed by atoms with E-state index in [4.69, 9.17) is 19.9 Å². The van der Waals surface area contributed by atoms with Gasteiger partial charge in [-0.1, -0.05) is 60.7 Å². The molecule has 0 amide bonds. The average molecular weight is 364 g/mol. The van der Waals surface area contributed by atoms with E-state index in [2.05, 4.69) is 12.1 Å². The van der Waals surface area contributed by atoms with E-state index in [1.807, 2.05) is 48.5 Å². The first-order chi connectivity index (χ1) is 11.8. The molecule has 1 aliphatic heterocycles. The minimum absolute atomic E-state index is 0. The molecule has 5 heteroatoms. The van der Waals surface area contributed by atoms with Gasteiger partial charge >= 0.3 is 0 Å². The van der Waals surface area contributed by atoms with E-state index in [0.29, 0.717) is 19.8 Å². The highest BCUT2D eigenvalue weighted by molar-refractivity contribution is 5.85. The summed E-state index contributed by atoms with van der Waals surface area (Å²) in [5, 5.41) is 0. The summed E-state index contributed by atoms with van der Waals surface area (Å²) in [5.41, 5.74) is 8.42. The molecule has 1 heterocycles. The number of halogens is 1. The summed E-state index contributed by atoms with van der Waals surface area (Å²) >= 11 is 0. The third kappa shape index (κ3) is 6.42. The molecule has 4 nitrogen and oxygen atoms in total. The van der Waals surface area contributed by atoms with Crippen molar-refractivity contribution < 1.29 is 14.2 Å². The van der Waals surface area contributed by atoms with Crippen LogP contribution in [0.4, 0.5) is 0 Å². The smallest absolute Gasteiger partial charge is 0.173 e. The molecule has 0 saturated carbocycles. The van der Waals surface area contributed by atoms with Gasteiger partial charge in [-0.15, -0.1) is 12.4 Å². The molecule has 2 N–H and O–H groups in total. The van der Waals surface area contributed by atoms with Crippen molar-refractivity contribution in [3.05, 3.63) is 71.8 Å². The molecule has 136 valence electrons. The lowest BCUT2D eigenvalue weighted by Gasteiger charge is -2.34. The molecule has 1 fully saturated rings. The van der Waals surface area contributed by atoms with Gasteiger partial charge in [-0.05, 0) is 24.0 Å². The van der Waals surface area contributed by atoms with Crippen molar-refractivity contribution in [3.63, 3.8) is 0 Å². The monoisotopic (exact) mass is 363 g/mol. The van der Waals surface area contributed by atoms with Crippen molar-refractivity contribution in [1.29, 1.82) is 0 Å². The van der Waals surface area contributed by atoms with Gasteiger partial charge in [0.1, 0.15) is 0 Å². The zero-order valence-corrected chi connectivity index (χ0v) is 15.1. The number of nitrogens with two attached hydrogens (primary N) is 1. The number of hydrogen-bond acceptors (Lipinski definition) is 4. The summed E-state index contributed by atoms with van der Waals surface area (Å²) in [5.74, 6) is 0. The summed E-state index contributed by atoms with van der Waals surface area (Å²) in [6.07, 6.45) is 1.46. The maximum absolute atomic E-state index is 6.13. The molecule has 0 spiro atoms. The molecule has 0 bridgehead atoms. The van der Waals surface area contributed by atoms with Crippen LogP contribution >= 0.6 is 12.4 Å². The summed E-state index contributed by atoms with van der Waals surface area (Å²) < 4.78 is 17.6. The first-order valence-electron chi connectivity index (χ1n) is 8.49. The van der Waals surface area contributed by atoms with Crippen LogP contribution < -0.4 is 5.73 Å². The van der Waals surface area contributed by atoms with Gasteiger partial charge in [0.15, 0.2) is 6.29 Å². The van der Waals surface area contributed by atoms with E-state index in [0.717, 1.165) is 18.4 Å². The van der Waals surface area contributed by atoms with Crippen LogP contribution in [0.25, 0.3) is 0 Å². The third-order valence-corrected chi connectivity index (χ3v) is 4.17. The van der Waals surface area contributed by atoms with Crippen molar-refractivity contribution in [3.8, 4) is 0 Å². The molecule has 3 unspecified atom stereocenters. The first kappa shape index (κ1) is 19.9. The molecule has 2 aromatic rings. The van der Waals surface area contributed by atoms with Crippen molar-refractivity contribution in [1.82, 2.24) is 0 Å². The van der Waals surface area contributed by atoms with E-state index in [1.165, 1.54) is 5.56 Å². The van der Waals surface area contributed by atoms with Crippen LogP contribution in [0, 0.1) is 0 Å². The van der Waals surface area contributed by atoms with Crippen LogP contribution in [0.5, 0.6) is 0 Å². The molecule has 3 rings (SSSR count). The Labute approximate surface area is 155 Å². The van der Waals surface area contributed by atoms with E-state index < -0.39 is 0 Å². The predicted octanol–water partition coefficient (Wildman–Crippen LogP) is 3.67. The Kier molecular flexibility index (Phi) is 8.38. The van der Waals surface area contributed by atoms with Gasteiger partial charge < -0.3 is 19.9 Å². The second-order valence-corrected chi connectivity index (χ2v) is 6.17. The van der Waals surface area contributed by atoms with Crippen molar-refractivity contribution in [2.24, 2.45) is 5.73 Å². The van der Waals surface area contributed by atoms with E-state index >= 15 is 0 Å². The lowest BCUT2D eigenvalue weighted by Crippen LogP contribution is -2.46. The van der Waals surface area contributed by atoms with Crippen LogP contribution in [0.3, 0.4) is 0 Å². The molecule has 2 aromatic carbocycles. The third-order valence-electron chi connectivity index (χ3n) is 4.17. The molecule has 0 radical (unpaired) electrons. The lowest BCUT2D eigenvalue weighted by molar-refractivity contribution is -0.218. The second kappa shape index (κ2) is 10.5. The highest BCUT2D eigenvalue weighted by Gasteiger charge is 2.29. The average Bonchev–Trinajstić information content (AvgIpc) is 2.64. The van der Waals surface area contributed by atoms with Crippen LogP contribution in [-0.2, 0) is 27.4 Å². The van der Waals surface area contributed by atoms with E-state index in [9.17, 15) is 0 Å². The Morgan fingerprint density at radius 3 is 2.12 bits per heavy atom. The minimum Gasteiger partial charge on any atom is -0.374 e. The fourth-order valence-electron chi connectivity index (χ4n) is 2.79. The largest absolute Gasteiger partial charge is 0.374 e. The van der Waals surface area contributed by atoms with Crippen LogP contribution in [0.2, 0.25) is 0 Å². The number of hydrogen-bond donors (Lipinski definition) is 1. The predicted molar refractivity (Wildman–Crippen MR) is 100 cm³/mol. The Bertz CT molecular complexity index is 596. The molecule has 1 aliphatic rings. The summed E-state index contributed by atoms with van der Waals surface area (Å²) in [6, 6.07) is 20.1. The molecule has 0 aromatic heterocycles. The van der Waals surface area contributed by atoms with Gasteiger partial charge in [-0.2, -0.15) is 0 Å². The Balaban J connectivity index is 0.00000225. The van der Waals surface area contributed by atoms with Crippen LogP contribution in [0.1, 0.15) is 24.0 Å². The highest BCUT2D eigenvalue weighted by Crippen LogP contribution is 2.21. The molecule has 1 saturated heterocycles. The van der Waals surface area contributed by atoms with Crippen LogP contribution in [0.15, 0.2) is 60.7 Å². The van der Waals surface area contributed by atoms with Gasteiger partial charge in [-0.25, -0.2) is 0 Å². The Morgan fingerprint density at radius 2 is 1.48 bits per heavy atom. The van der Waals surface area contributed by atoms with Crippen molar-refractivity contribution in [2.75, 3.05) is 6.61 Å². The van der Waals surface area contributed by atoms with Gasteiger partial charge in [0.25, 0.3) is 0 Å². The zero-order valence-electron chi connectivity index (χ0n) is 14.3. The second-order valence-electron chi connectivity index (χ2n) is 6.17. The van der Waals surface area contributed by atoms with Crippen LogP contribution in [-0.4, -0.2) is 25.0 Å². The SMILES string of the molecule is Cl.NC1CCC(COCc2ccccc2)OC1OCc1ccccc1. The fourth-order valence-corrected chi connectivity index (χ4v) is 2.79. The number of rotatable bonds is 7. The Hall–Kier alpha value is -1.43.